The number of hydrogen-bond donors (Lipinski definition) is 1. The van der Waals surface area contributed by atoms with Gasteiger partial charge < -0.3 is 19.6 Å². The van der Waals surface area contributed by atoms with Crippen molar-refractivity contribution >= 4 is 12.0 Å². The topological polar surface area (TPSA) is 91.7 Å². The van der Waals surface area contributed by atoms with Gasteiger partial charge in [0.2, 0.25) is 5.95 Å². The molecule has 1 N–H and O–H groups in total. The highest BCUT2D eigenvalue weighted by molar-refractivity contribution is 5.71. The van der Waals surface area contributed by atoms with Crippen LogP contribution in [-0.2, 0) is 10.9 Å². The van der Waals surface area contributed by atoms with Gasteiger partial charge in [0.25, 0.3) is 0 Å². The number of carbonyl (C=O) groups excluding carboxylic acids is 1. The number of aromatic hydroxyl groups is 1. The van der Waals surface area contributed by atoms with Gasteiger partial charge in [-0.2, -0.15) is 13.2 Å². The molecule has 1 amide bonds. The van der Waals surface area contributed by atoms with E-state index in [1.807, 2.05) is 25.7 Å². The zero-order valence-electron chi connectivity index (χ0n) is 18.2. The Morgan fingerprint density at radius 3 is 2.38 bits per heavy atom. The van der Waals surface area contributed by atoms with Crippen LogP contribution in [0.2, 0.25) is 0 Å². The van der Waals surface area contributed by atoms with Crippen LogP contribution in [0, 0.1) is 6.92 Å². The third-order valence-electron chi connectivity index (χ3n) is 5.67. The van der Waals surface area contributed by atoms with Crippen molar-refractivity contribution in [1.82, 2.24) is 20.1 Å². The third-order valence-corrected chi connectivity index (χ3v) is 5.67. The van der Waals surface area contributed by atoms with Crippen LogP contribution in [-0.4, -0.2) is 62.1 Å². The molecule has 8 nitrogen and oxygen atoms in total. The number of amides is 1. The van der Waals surface area contributed by atoms with E-state index in [2.05, 4.69) is 15.2 Å². The first-order valence-electron chi connectivity index (χ1n) is 10.2. The van der Waals surface area contributed by atoms with Gasteiger partial charge in [0, 0.05) is 25.2 Å². The van der Waals surface area contributed by atoms with Crippen LogP contribution < -0.4 is 4.90 Å². The summed E-state index contributed by atoms with van der Waals surface area (Å²) >= 11 is 0. The van der Waals surface area contributed by atoms with E-state index in [0.29, 0.717) is 37.3 Å². The van der Waals surface area contributed by atoms with Crippen molar-refractivity contribution in [2.24, 2.45) is 0 Å². The number of likely N-dealkylation sites (tertiary alicyclic amines) is 1. The Bertz CT molecular complexity index is 1060. The van der Waals surface area contributed by atoms with Gasteiger partial charge in [0.05, 0.1) is 16.8 Å². The third kappa shape index (κ3) is 3.91. The first-order valence-corrected chi connectivity index (χ1v) is 10.2. The molecule has 32 heavy (non-hydrogen) atoms. The summed E-state index contributed by atoms with van der Waals surface area (Å²) in [5, 5.41) is 18.4. The molecule has 11 heteroatoms. The molecule has 2 aliphatic heterocycles. The molecule has 1 aromatic carbocycles. The number of anilines is 1. The molecule has 0 bridgehead atoms. The summed E-state index contributed by atoms with van der Waals surface area (Å²) in [4.78, 5) is 20.3. The summed E-state index contributed by atoms with van der Waals surface area (Å²) in [5.41, 5.74) is -1.02. The number of carbonyl (C=O) groups is 1. The van der Waals surface area contributed by atoms with Crippen LogP contribution in [0.3, 0.4) is 0 Å². The summed E-state index contributed by atoms with van der Waals surface area (Å²) in [6, 6.07) is 2.70. The van der Waals surface area contributed by atoms with Crippen LogP contribution in [0.25, 0.3) is 11.3 Å². The van der Waals surface area contributed by atoms with Crippen molar-refractivity contribution in [2.75, 3.05) is 24.5 Å². The van der Waals surface area contributed by atoms with E-state index in [-0.39, 0.29) is 22.9 Å². The molecule has 172 valence electrons. The zero-order valence-corrected chi connectivity index (χ0v) is 18.2. The molecule has 2 aromatic rings. The molecule has 2 saturated heterocycles. The number of nitrogens with zero attached hydrogens (tertiary/aromatic N) is 5. The van der Waals surface area contributed by atoms with Gasteiger partial charge in [-0.25, -0.2) is 9.78 Å². The Labute approximate surface area is 183 Å². The predicted molar refractivity (Wildman–Crippen MR) is 109 cm³/mol. The van der Waals surface area contributed by atoms with E-state index in [0.717, 1.165) is 18.6 Å². The maximum Gasteiger partial charge on any atom is 0.416 e. The first-order chi connectivity index (χ1) is 14.8. The quantitative estimate of drug-likeness (QED) is 0.743. The molecule has 0 aliphatic carbocycles. The molecule has 2 fully saturated rings. The van der Waals surface area contributed by atoms with Crippen molar-refractivity contribution < 1.29 is 27.8 Å². The second kappa shape index (κ2) is 7.21. The van der Waals surface area contributed by atoms with Crippen molar-refractivity contribution in [2.45, 2.75) is 51.4 Å². The minimum atomic E-state index is -4.55. The number of rotatable bonds is 2. The molecule has 0 unspecified atom stereocenters. The van der Waals surface area contributed by atoms with Gasteiger partial charge in [-0.1, -0.05) is 0 Å². The van der Waals surface area contributed by atoms with Gasteiger partial charge >= 0.3 is 12.3 Å². The molecular formula is C21H24F3N5O3. The van der Waals surface area contributed by atoms with Crippen LogP contribution in [0.15, 0.2) is 18.2 Å². The molecule has 4 rings (SSSR count). The maximum atomic E-state index is 12.8. The molecule has 0 atom stereocenters. The van der Waals surface area contributed by atoms with E-state index < -0.39 is 23.1 Å². The van der Waals surface area contributed by atoms with E-state index in [1.54, 1.807) is 11.8 Å². The first kappa shape index (κ1) is 22.1. The number of benzene rings is 1. The summed E-state index contributed by atoms with van der Waals surface area (Å²) in [7, 11) is 0. The highest BCUT2D eigenvalue weighted by Crippen LogP contribution is 2.42. The van der Waals surface area contributed by atoms with Crippen molar-refractivity contribution in [3.05, 3.63) is 29.5 Å². The summed E-state index contributed by atoms with van der Waals surface area (Å²) in [6.45, 7) is 8.79. The van der Waals surface area contributed by atoms with Gasteiger partial charge in [-0.05, 0) is 52.3 Å². The van der Waals surface area contributed by atoms with Crippen LogP contribution in [0.1, 0.15) is 38.4 Å². The lowest BCUT2D eigenvalue weighted by Crippen LogP contribution is -2.78. The van der Waals surface area contributed by atoms with Crippen LogP contribution >= 0.6 is 0 Å². The Hall–Kier alpha value is -3.11. The smallest absolute Gasteiger partial charge is 0.416 e. The van der Waals surface area contributed by atoms with Crippen molar-refractivity contribution in [3.63, 3.8) is 0 Å². The van der Waals surface area contributed by atoms with Crippen molar-refractivity contribution in [3.8, 4) is 17.0 Å². The largest absolute Gasteiger partial charge is 0.507 e. The van der Waals surface area contributed by atoms with Gasteiger partial charge in [0.1, 0.15) is 17.0 Å². The number of halogens is 3. The summed E-state index contributed by atoms with van der Waals surface area (Å²) in [5.74, 6) is -0.160. The average Bonchev–Trinajstić information content (AvgIpc) is 2.58. The Kier molecular flexibility index (Phi) is 4.98. The lowest BCUT2D eigenvalue weighted by molar-refractivity contribution is -0.137. The zero-order chi connectivity index (χ0) is 23.5. The van der Waals surface area contributed by atoms with E-state index in [1.165, 1.54) is 0 Å². The maximum absolute atomic E-state index is 12.8. The Morgan fingerprint density at radius 1 is 1.19 bits per heavy atom. The van der Waals surface area contributed by atoms with E-state index in [4.69, 9.17) is 4.74 Å². The molecule has 0 saturated carbocycles. The minimum Gasteiger partial charge on any atom is -0.507 e. The van der Waals surface area contributed by atoms with Crippen molar-refractivity contribution in [1.29, 1.82) is 0 Å². The number of alkyl halides is 3. The number of aryl methyl sites for hydroxylation is 1. The second-order valence-corrected chi connectivity index (χ2v) is 9.24. The summed E-state index contributed by atoms with van der Waals surface area (Å²) in [6.07, 6.45) is -4.05. The van der Waals surface area contributed by atoms with Gasteiger partial charge in [0.15, 0.2) is 0 Å². The number of hydrogen-bond acceptors (Lipinski definition) is 7. The fourth-order valence-corrected chi connectivity index (χ4v) is 3.96. The van der Waals surface area contributed by atoms with Crippen LogP contribution in [0.4, 0.5) is 23.9 Å². The normalized spacial score (nSPS) is 17.7. The molecular weight excluding hydrogens is 427 g/mol. The lowest BCUT2D eigenvalue weighted by atomic mass is 9.78. The fraction of sp³-hybridized carbons (Fsp3) is 0.524. The molecule has 0 radical (unpaired) electrons. The Morgan fingerprint density at radius 2 is 1.88 bits per heavy atom. The second-order valence-electron chi connectivity index (χ2n) is 9.24. The number of phenols is 1. The highest BCUT2D eigenvalue weighted by Gasteiger charge is 2.56. The summed E-state index contributed by atoms with van der Waals surface area (Å²) < 4.78 is 43.9. The minimum absolute atomic E-state index is 0.125. The van der Waals surface area contributed by atoms with Gasteiger partial charge in [-0.15, -0.1) is 10.2 Å². The molecule has 1 aromatic heterocycles. The number of aromatic nitrogens is 3. The van der Waals surface area contributed by atoms with E-state index >= 15 is 0 Å². The number of ether oxygens (including phenoxy) is 1. The standard InChI is InChI=1S/C21H24F3N5O3/c1-12-16(14-6-5-13(9-15(14)30)21(22,23)24)26-27-17(25-12)29-8-7-20(29)10-28(11-20)18(31)32-19(2,3)4/h5-6,9,30H,7-8,10-11H2,1-4H3. The fourth-order valence-electron chi connectivity index (χ4n) is 3.96. The SMILES string of the molecule is Cc1nc(N2CCC23CN(C(=O)OC(C)(C)C)C3)nnc1-c1ccc(C(F)(F)F)cc1O. The predicted octanol–water partition coefficient (Wildman–Crippen LogP) is 3.77. The van der Waals surface area contributed by atoms with Gasteiger partial charge in [-0.3, -0.25) is 0 Å². The average molecular weight is 451 g/mol. The van der Waals surface area contributed by atoms with E-state index in [9.17, 15) is 23.1 Å². The van der Waals surface area contributed by atoms with Crippen LogP contribution in [0.5, 0.6) is 5.75 Å². The highest BCUT2D eigenvalue weighted by atomic mass is 19.4. The Balaban J connectivity index is 1.50. The molecule has 1 spiro atoms. The molecule has 3 heterocycles. The monoisotopic (exact) mass is 451 g/mol. The number of phenolic OH excluding ortho intramolecular Hbond substituents is 1. The molecule has 2 aliphatic rings. The lowest BCUT2D eigenvalue weighted by Gasteiger charge is -2.61.